The molecule has 2 unspecified atom stereocenters. The number of rotatable bonds is 8. The second kappa shape index (κ2) is 10.8. The minimum absolute atomic E-state index is 0.0301. The van der Waals surface area contributed by atoms with Crippen molar-refractivity contribution in [1.29, 1.82) is 0 Å². The van der Waals surface area contributed by atoms with Crippen molar-refractivity contribution in [1.82, 2.24) is 20.2 Å². The number of piperidine rings is 1. The molecule has 0 aromatic heterocycles. The zero-order chi connectivity index (χ0) is 24.2. The van der Waals surface area contributed by atoms with Gasteiger partial charge >= 0.3 is 5.97 Å². The number of hydrogen-bond acceptors (Lipinski definition) is 6. The van der Waals surface area contributed by atoms with Crippen molar-refractivity contribution in [3.8, 4) is 0 Å². The van der Waals surface area contributed by atoms with Crippen LogP contribution in [0.25, 0.3) is 0 Å². The lowest BCUT2D eigenvalue weighted by atomic mass is 9.97. The summed E-state index contributed by atoms with van der Waals surface area (Å²) < 4.78 is 5.81. The highest BCUT2D eigenvalue weighted by molar-refractivity contribution is 6.30. The number of amides is 2. The second-order valence-corrected chi connectivity index (χ2v) is 9.42. The van der Waals surface area contributed by atoms with E-state index in [1.165, 1.54) is 0 Å². The Bertz CT molecular complexity index is 945. The fourth-order valence-electron chi connectivity index (χ4n) is 4.66. The Labute approximate surface area is 204 Å². The van der Waals surface area contributed by atoms with Gasteiger partial charge in [0.1, 0.15) is 12.2 Å². The zero-order valence-electron chi connectivity index (χ0n) is 19.3. The molecule has 1 aromatic rings. The Morgan fingerprint density at radius 3 is 2.56 bits per heavy atom. The quantitative estimate of drug-likeness (QED) is 0.537. The van der Waals surface area contributed by atoms with E-state index in [1.54, 1.807) is 9.80 Å². The molecule has 2 saturated heterocycles. The Morgan fingerprint density at radius 2 is 1.91 bits per heavy atom. The Hall–Kier alpha value is -2.62. The minimum Gasteiger partial charge on any atom is -0.481 e. The normalized spacial score (nSPS) is 23.2. The molecule has 0 spiro atoms. The first kappa shape index (κ1) is 24.5. The maximum atomic E-state index is 13.3. The van der Waals surface area contributed by atoms with Crippen molar-refractivity contribution in [2.75, 3.05) is 39.4 Å². The summed E-state index contributed by atoms with van der Waals surface area (Å²) in [7, 11) is 0. The molecule has 1 aromatic carbocycles. The predicted molar refractivity (Wildman–Crippen MR) is 126 cm³/mol. The average Bonchev–Trinajstić information content (AvgIpc) is 3.28. The highest BCUT2D eigenvalue weighted by Crippen LogP contribution is 2.31. The Kier molecular flexibility index (Phi) is 7.75. The summed E-state index contributed by atoms with van der Waals surface area (Å²) in [6.45, 7) is 4.21. The van der Waals surface area contributed by atoms with Gasteiger partial charge in [0.2, 0.25) is 5.91 Å². The molecule has 0 radical (unpaired) electrons. The monoisotopic (exact) mass is 490 g/mol. The SMILES string of the molecule is CCCOCC1CN(CC(=O)N2CCC(C(=O)O)CC2)C(=O)C2=CC(c3ccc(Cl)cc3)NN21. The van der Waals surface area contributed by atoms with Crippen LogP contribution in [0.3, 0.4) is 0 Å². The van der Waals surface area contributed by atoms with Crippen molar-refractivity contribution >= 4 is 29.4 Å². The fraction of sp³-hybridized carbons (Fsp3) is 0.542. The van der Waals surface area contributed by atoms with Crippen molar-refractivity contribution < 1.29 is 24.2 Å². The third kappa shape index (κ3) is 5.37. The number of carboxylic acids is 1. The first-order valence-corrected chi connectivity index (χ1v) is 12.2. The molecule has 34 heavy (non-hydrogen) atoms. The van der Waals surface area contributed by atoms with Crippen LogP contribution in [-0.4, -0.2) is 83.1 Å². The van der Waals surface area contributed by atoms with Crippen LogP contribution in [0.15, 0.2) is 36.0 Å². The standard InChI is InChI=1S/C24H31ClN4O5/c1-2-11-34-15-19-13-28(14-22(30)27-9-7-17(8-10-27)24(32)33)23(31)21-12-20(26-29(19)21)16-3-5-18(25)6-4-16/h3-6,12,17,19-20,26H,2,7-11,13-15H2,1H3,(H,32,33). The van der Waals surface area contributed by atoms with Crippen molar-refractivity contribution in [2.24, 2.45) is 5.92 Å². The molecule has 2 amide bonds. The first-order valence-electron chi connectivity index (χ1n) is 11.8. The molecule has 3 aliphatic heterocycles. The van der Waals surface area contributed by atoms with Crippen LogP contribution in [0.1, 0.15) is 37.8 Å². The van der Waals surface area contributed by atoms with E-state index in [9.17, 15) is 19.5 Å². The highest BCUT2D eigenvalue weighted by Gasteiger charge is 2.42. The summed E-state index contributed by atoms with van der Waals surface area (Å²) in [4.78, 5) is 40.7. The third-order valence-electron chi connectivity index (χ3n) is 6.58. The number of carbonyl (C=O) groups is 3. The van der Waals surface area contributed by atoms with Gasteiger partial charge in [0.05, 0.1) is 24.6 Å². The predicted octanol–water partition coefficient (Wildman–Crippen LogP) is 2.05. The van der Waals surface area contributed by atoms with Crippen LogP contribution in [0.4, 0.5) is 0 Å². The number of piperazine rings is 1. The van der Waals surface area contributed by atoms with Gasteiger partial charge in [-0.1, -0.05) is 30.7 Å². The molecule has 3 aliphatic rings. The van der Waals surface area contributed by atoms with E-state index < -0.39 is 11.9 Å². The first-order chi connectivity index (χ1) is 16.4. The van der Waals surface area contributed by atoms with Crippen molar-refractivity contribution in [2.45, 2.75) is 38.3 Å². The fourth-order valence-corrected chi connectivity index (χ4v) is 4.79. The van der Waals surface area contributed by atoms with E-state index in [-0.39, 0.29) is 30.4 Å². The average molecular weight is 491 g/mol. The van der Waals surface area contributed by atoms with Gasteiger partial charge in [0, 0.05) is 31.3 Å². The van der Waals surface area contributed by atoms with E-state index in [4.69, 9.17) is 16.3 Å². The van der Waals surface area contributed by atoms with Gasteiger partial charge in [-0.2, -0.15) is 0 Å². The number of likely N-dealkylation sites (tertiary alicyclic amines) is 1. The number of benzene rings is 1. The van der Waals surface area contributed by atoms with Gasteiger partial charge in [-0.05, 0) is 43.0 Å². The van der Waals surface area contributed by atoms with Gasteiger partial charge in [-0.15, -0.1) is 0 Å². The highest BCUT2D eigenvalue weighted by atomic mass is 35.5. The van der Waals surface area contributed by atoms with E-state index in [1.807, 2.05) is 42.3 Å². The number of hydrogen-bond donors (Lipinski definition) is 2. The van der Waals surface area contributed by atoms with Crippen LogP contribution >= 0.6 is 11.6 Å². The maximum Gasteiger partial charge on any atom is 0.306 e. The van der Waals surface area contributed by atoms with Crippen LogP contribution in [0, 0.1) is 5.92 Å². The lowest BCUT2D eigenvalue weighted by Gasteiger charge is -2.41. The number of nitrogens with one attached hydrogen (secondary N) is 1. The summed E-state index contributed by atoms with van der Waals surface area (Å²) in [6, 6.07) is 7.15. The molecule has 2 N–H and O–H groups in total. The van der Waals surface area contributed by atoms with Crippen LogP contribution in [0.5, 0.6) is 0 Å². The molecule has 3 heterocycles. The minimum atomic E-state index is -0.816. The van der Waals surface area contributed by atoms with Gasteiger partial charge in [0.15, 0.2) is 0 Å². The molecule has 0 saturated carbocycles. The molecule has 9 nitrogen and oxygen atoms in total. The molecular weight excluding hydrogens is 460 g/mol. The summed E-state index contributed by atoms with van der Waals surface area (Å²) in [5.41, 5.74) is 4.90. The largest absolute Gasteiger partial charge is 0.481 e. The number of halogens is 1. The van der Waals surface area contributed by atoms with Gasteiger partial charge in [-0.25, -0.2) is 5.43 Å². The summed E-state index contributed by atoms with van der Waals surface area (Å²) in [5.74, 6) is -1.58. The topological polar surface area (TPSA) is 102 Å². The van der Waals surface area contributed by atoms with E-state index in [0.717, 1.165) is 12.0 Å². The molecular formula is C24H31ClN4O5. The van der Waals surface area contributed by atoms with Gasteiger partial charge in [0.25, 0.3) is 5.91 Å². The molecule has 10 heteroatoms. The second-order valence-electron chi connectivity index (χ2n) is 8.99. The zero-order valence-corrected chi connectivity index (χ0v) is 20.0. The molecule has 4 rings (SSSR count). The molecule has 2 fully saturated rings. The summed E-state index contributed by atoms with van der Waals surface area (Å²) in [6.07, 6.45) is 3.65. The molecule has 184 valence electrons. The van der Waals surface area contributed by atoms with Crippen molar-refractivity contribution in [3.05, 3.63) is 46.6 Å². The van der Waals surface area contributed by atoms with Gasteiger partial charge < -0.3 is 19.6 Å². The maximum absolute atomic E-state index is 13.3. The van der Waals surface area contributed by atoms with E-state index >= 15 is 0 Å². The number of ether oxygens (including phenoxy) is 1. The van der Waals surface area contributed by atoms with Crippen molar-refractivity contribution in [3.63, 3.8) is 0 Å². The van der Waals surface area contributed by atoms with E-state index in [2.05, 4.69) is 5.43 Å². The molecule has 2 atom stereocenters. The summed E-state index contributed by atoms with van der Waals surface area (Å²) in [5, 5.41) is 11.7. The number of hydrazine groups is 1. The molecule has 0 aliphatic carbocycles. The lowest BCUT2D eigenvalue weighted by molar-refractivity contribution is -0.147. The smallest absolute Gasteiger partial charge is 0.306 e. The number of carbonyl (C=O) groups excluding carboxylic acids is 2. The summed E-state index contributed by atoms with van der Waals surface area (Å²) >= 11 is 6.02. The Morgan fingerprint density at radius 1 is 1.21 bits per heavy atom. The lowest BCUT2D eigenvalue weighted by Crippen LogP contribution is -2.60. The number of aliphatic carboxylic acids is 1. The van der Waals surface area contributed by atoms with Crippen LogP contribution in [-0.2, 0) is 19.1 Å². The van der Waals surface area contributed by atoms with Crippen LogP contribution in [0.2, 0.25) is 5.02 Å². The third-order valence-corrected chi connectivity index (χ3v) is 6.83. The van der Waals surface area contributed by atoms with Crippen LogP contribution < -0.4 is 5.43 Å². The van der Waals surface area contributed by atoms with Gasteiger partial charge in [-0.3, -0.25) is 19.4 Å². The number of carboxylic acid groups (broad SMARTS) is 1. The number of fused-ring (bicyclic) bond motifs is 1. The van der Waals surface area contributed by atoms with E-state index in [0.29, 0.717) is 56.4 Å². The molecule has 0 bridgehead atoms. The number of nitrogens with zero attached hydrogens (tertiary/aromatic N) is 3. The Balaban J connectivity index is 1.47.